The number of fused-ring (bicyclic) bond motifs is 1. The average molecular weight is 564 g/mol. The lowest BCUT2D eigenvalue weighted by Crippen LogP contribution is -2.35. The fraction of sp³-hybridized carbons (Fsp3) is 0.231. The fourth-order valence-corrected chi connectivity index (χ4v) is 5.49. The third-order valence-electron chi connectivity index (χ3n) is 6.48. The number of aryl methyl sites for hydroxylation is 2. The van der Waals surface area contributed by atoms with Gasteiger partial charge in [-0.3, -0.25) is 13.9 Å². The third-order valence-corrected chi connectivity index (χ3v) is 7.76. The number of amides is 2. The van der Waals surface area contributed by atoms with Crippen LogP contribution in [0.1, 0.15) is 43.7 Å². The number of rotatable bonds is 7. The van der Waals surface area contributed by atoms with Crippen molar-refractivity contribution < 1.29 is 18.2 Å². The summed E-state index contributed by atoms with van der Waals surface area (Å²) in [5.74, 6) is 2.99. The molecule has 0 aliphatic carbocycles. The van der Waals surface area contributed by atoms with Crippen LogP contribution in [0.3, 0.4) is 0 Å². The summed E-state index contributed by atoms with van der Waals surface area (Å²) in [6.45, 7) is 2.02. The maximum atomic E-state index is 13.5. The van der Waals surface area contributed by atoms with Crippen LogP contribution in [0.15, 0.2) is 48.8 Å². The molecule has 0 radical (unpaired) electrons. The van der Waals surface area contributed by atoms with E-state index in [9.17, 15) is 18.2 Å². The van der Waals surface area contributed by atoms with Gasteiger partial charge >= 0.3 is 0 Å². The molecule has 5 rings (SSSR count). The van der Waals surface area contributed by atoms with Gasteiger partial charge in [-0.25, -0.2) is 23.2 Å². The second-order valence-corrected chi connectivity index (χ2v) is 11.9. The Kier molecular flexibility index (Phi) is 7.02. The summed E-state index contributed by atoms with van der Waals surface area (Å²) in [4.78, 5) is 33.9. The van der Waals surface area contributed by atoms with E-state index in [1.807, 2.05) is 18.2 Å². The predicted octanol–water partition coefficient (Wildman–Crippen LogP) is 1.60. The lowest BCUT2D eigenvalue weighted by molar-refractivity contribution is 0.0934. The first-order chi connectivity index (χ1) is 19.0. The van der Waals surface area contributed by atoms with Crippen molar-refractivity contribution in [3.8, 4) is 11.4 Å². The van der Waals surface area contributed by atoms with Gasteiger partial charge in [0.15, 0.2) is 5.82 Å². The molecule has 0 bridgehead atoms. The highest BCUT2D eigenvalue weighted by molar-refractivity contribution is 8.00. The van der Waals surface area contributed by atoms with Crippen LogP contribution in [0.4, 0.5) is 10.1 Å². The van der Waals surface area contributed by atoms with Gasteiger partial charge in [0, 0.05) is 46.7 Å². The molecule has 2 aromatic carbocycles. The number of nitrogens with one attached hydrogen (secondary N) is 2. The van der Waals surface area contributed by atoms with E-state index in [1.165, 1.54) is 23.1 Å². The molecule has 0 saturated heterocycles. The quantitative estimate of drug-likeness (QED) is 0.322. The Labute approximate surface area is 229 Å². The number of anilines is 1. The van der Waals surface area contributed by atoms with Gasteiger partial charge in [0.2, 0.25) is 0 Å². The standard InChI is InChI=1S/C26H26FN9O3S/c1-15-9-16(5-8-19(15)27)12-28-25(37)20-11-21(30-14-29-20)26(38)31-22-13-36(40(3,4)39)23-10-17(6-7-18(22)23)24-32-33-34-35(24)2/h5-11,14,22H,3,12-13H2,1-2,4H3,(H,28,37)(H,31,38). The van der Waals surface area contributed by atoms with E-state index in [4.69, 9.17) is 0 Å². The van der Waals surface area contributed by atoms with Crippen LogP contribution in [0, 0.1) is 12.7 Å². The van der Waals surface area contributed by atoms with E-state index in [2.05, 4.69) is 42.0 Å². The van der Waals surface area contributed by atoms with Gasteiger partial charge in [0.1, 0.15) is 23.5 Å². The molecule has 2 atom stereocenters. The zero-order valence-electron chi connectivity index (χ0n) is 22.0. The lowest BCUT2D eigenvalue weighted by atomic mass is 10.1. The van der Waals surface area contributed by atoms with Gasteiger partial charge in [-0.1, -0.05) is 24.3 Å². The molecule has 14 heteroatoms. The molecule has 0 fully saturated rings. The summed E-state index contributed by atoms with van der Waals surface area (Å²) in [6.07, 6.45) is 2.66. The van der Waals surface area contributed by atoms with Crippen LogP contribution >= 0.6 is 0 Å². The molecule has 2 unspecified atom stereocenters. The van der Waals surface area contributed by atoms with Crippen molar-refractivity contribution in [3.63, 3.8) is 0 Å². The molecular formula is C26H26FN9O3S. The van der Waals surface area contributed by atoms with Crippen molar-refractivity contribution in [1.82, 2.24) is 40.8 Å². The van der Waals surface area contributed by atoms with E-state index < -0.39 is 27.6 Å². The van der Waals surface area contributed by atoms with Crippen molar-refractivity contribution >= 4 is 33.1 Å². The Morgan fingerprint density at radius 2 is 1.88 bits per heavy atom. The van der Waals surface area contributed by atoms with Crippen LogP contribution in [0.25, 0.3) is 11.4 Å². The number of halogens is 1. The van der Waals surface area contributed by atoms with E-state index in [0.29, 0.717) is 22.6 Å². The number of tetrazole rings is 1. The number of hydrogen-bond acceptors (Lipinski definition) is 8. The van der Waals surface area contributed by atoms with Gasteiger partial charge in [-0.2, -0.15) is 0 Å². The minimum absolute atomic E-state index is 0.00342. The summed E-state index contributed by atoms with van der Waals surface area (Å²) in [6, 6.07) is 10.8. The third kappa shape index (κ3) is 5.38. The maximum Gasteiger partial charge on any atom is 0.270 e. The number of aromatic nitrogens is 6. The number of benzene rings is 2. The van der Waals surface area contributed by atoms with Crippen LogP contribution < -0.4 is 14.9 Å². The van der Waals surface area contributed by atoms with Crippen molar-refractivity contribution in [3.05, 3.63) is 82.7 Å². The molecule has 2 N–H and O–H groups in total. The van der Waals surface area contributed by atoms with E-state index in [1.54, 1.807) is 30.4 Å². The molecule has 0 saturated carbocycles. The van der Waals surface area contributed by atoms with Gasteiger partial charge in [-0.15, -0.1) is 5.10 Å². The van der Waals surface area contributed by atoms with Gasteiger partial charge in [0.05, 0.1) is 18.3 Å². The average Bonchev–Trinajstić information content (AvgIpc) is 3.52. The summed E-state index contributed by atoms with van der Waals surface area (Å²) < 4.78 is 29.7. The summed E-state index contributed by atoms with van der Waals surface area (Å²) in [5.41, 5.74) is 3.29. The molecule has 12 nitrogen and oxygen atoms in total. The topological polar surface area (TPSA) is 148 Å². The highest BCUT2D eigenvalue weighted by Crippen LogP contribution is 2.39. The van der Waals surface area contributed by atoms with Crippen LogP contribution in [-0.4, -0.2) is 64.9 Å². The molecule has 4 aromatic rings. The van der Waals surface area contributed by atoms with E-state index >= 15 is 0 Å². The number of hydrogen-bond donors (Lipinski definition) is 2. The first-order valence-corrected chi connectivity index (χ1v) is 14.2. The second kappa shape index (κ2) is 10.4. The molecule has 40 heavy (non-hydrogen) atoms. The molecule has 2 aromatic heterocycles. The number of carbonyl (C=O) groups excluding carboxylic acids is 2. The van der Waals surface area contributed by atoms with E-state index in [0.717, 1.165) is 17.5 Å². The van der Waals surface area contributed by atoms with Crippen molar-refractivity contribution in [2.75, 3.05) is 17.1 Å². The van der Waals surface area contributed by atoms with Gasteiger partial charge < -0.3 is 10.6 Å². The smallest absolute Gasteiger partial charge is 0.270 e. The summed E-state index contributed by atoms with van der Waals surface area (Å²) in [5, 5.41) is 17.2. The largest absolute Gasteiger partial charge is 0.347 e. The minimum atomic E-state index is -2.67. The van der Waals surface area contributed by atoms with Crippen LogP contribution in [0.2, 0.25) is 0 Å². The minimum Gasteiger partial charge on any atom is -0.347 e. The molecule has 1 aliphatic heterocycles. The zero-order valence-corrected chi connectivity index (χ0v) is 22.8. The fourth-order valence-electron chi connectivity index (χ4n) is 4.45. The maximum absolute atomic E-state index is 13.5. The summed E-state index contributed by atoms with van der Waals surface area (Å²) in [7, 11) is -0.957. The Balaban J connectivity index is 1.33. The number of nitrogens with zero attached hydrogens (tertiary/aromatic N) is 7. The molecule has 3 heterocycles. The van der Waals surface area contributed by atoms with Crippen molar-refractivity contribution in [1.29, 1.82) is 0 Å². The Hall–Kier alpha value is -4.72. The lowest BCUT2D eigenvalue weighted by Gasteiger charge is -2.21. The van der Waals surface area contributed by atoms with Gasteiger partial charge in [0.25, 0.3) is 11.8 Å². The second-order valence-electron chi connectivity index (χ2n) is 9.50. The van der Waals surface area contributed by atoms with Crippen molar-refractivity contribution in [2.24, 2.45) is 7.05 Å². The monoisotopic (exact) mass is 563 g/mol. The molecule has 2 amide bonds. The normalized spacial score (nSPS) is 15.8. The Morgan fingerprint density at radius 3 is 2.55 bits per heavy atom. The Morgan fingerprint density at radius 1 is 1.12 bits per heavy atom. The van der Waals surface area contributed by atoms with Crippen molar-refractivity contribution in [2.45, 2.75) is 19.5 Å². The first kappa shape index (κ1) is 26.9. The molecule has 0 spiro atoms. The molecular weight excluding hydrogens is 537 g/mol. The van der Waals surface area contributed by atoms with Crippen LogP contribution in [-0.2, 0) is 23.3 Å². The zero-order chi connectivity index (χ0) is 28.6. The highest BCUT2D eigenvalue weighted by Gasteiger charge is 2.33. The van der Waals surface area contributed by atoms with Gasteiger partial charge in [-0.05, 0) is 46.5 Å². The van der Waals surface area contributed by atoms with Crippen LogP contribution in [0.5, 0.6) is 0 Å². The van der Waals surface area contributed by atoms with E-state index in [-0.39, 0.29) is 30.3 Å². The highest BCUT2D eigenvalue weighted by atomic mass is 32.2. The molecule has 206 valence electrons. The predicted molar refractivity (Wildman–Crippen MR) is 147 cm³/mol. The first-order valence-electron chi connectivity index (χ1n) is 12.1. The number of carbonyl (C=O) groups is 2. The SMILES string of the molecule is C=S(C)(=O)N1CC(NC(=O)c2cc(C(=O)NCc3ccc(F)c(C)c3)ncn2)c2ccc(-c3nnnn3C)cc21. The Bertz CT molecular complexity index is 1740. The molecule has 1 aliphatic rings. The summed E-state index contributed by atoms with van der Waals surface area (Å²) >= 11 is 0.